The first-order chi connectivity index (χ1) is 10.1. The number of aryl methyl sites for hydroxylation is 2. The fraction of sp³-hybridized carbons (Fsp3) is 0.562. The van der Waals surface area contributed by atoms with Gasteiger partial charge in [-0.25, -0.2) is 9.97 Å². The number of nitrogens with zero attached hydrogens (tertiary/aromatic N) is 4. The largest absolute Gasteiger partial charge is 0.370 e. The Morgan fingerprint density at radius 3 is 2.62 bits per heavy atom. The lowest BCUT2D eigenvalue weighted by molar-refractivity contribution is 0.663. The molecule has 0 unspecified atom stereocenters. The lowest BCUT2D eigenvalue weighted by atomic mass is 10.0. The molecular weight excluding hydrogens is 262 g/mol. The summed E-state index contributed by atoms with van der Waals surface area (Å²) < 4.78 is 1.92. The van der Waals surface area contributed by atoms with Gasteiger partial charge in [0.05, 0.1) is 0 Å². The van der Waals surface area contributed by atoms with Gasteiger partial charge in [0.2, 0.25) is 0 Å². The zero-order valence-corrected chi connectivity index (χ0v) is 13.6. The summed E-state index contributed by atoms with van der Waals surface area (Å²) in [5.41, 5.74) is 3.21. The summed E-state index contributed by atoms with van der Waals surface area (Å²) in [6.45, 7) is 12.4. The molecule has 0 saturated carbocycles. The molecule has 114 valence electrons. The highest BCUT2D eigenvalue weighted by Gasteiger charge is 2.17. The fourth-order valence-electron chi connectivity index (χ4n) is 2.54. The van der Waals surface area contributed by atoms with Gasteiger partial charge in [-0.1, -0.05) is 20.8 Å². The molecule has 2 aromatic rings. The van der Waals surface area contributed by atoms with Gasteiger partial charge in [-0.05, 0) is 32.3 Å². The van der Waals surface area contributed by atoms with Gasteiger partial charge in [0.25, 0.3) is 0 Å². The van der Waals surface area contributed by atoms with Crippen molar-refractivity contribution in [2.75, 3.05) is 11.9 Å². The van der Waals surface area contributed by atoms with Crippen molar-refractivity contribution < 1.29 is 0 Å². The average Bonchev–Trinajstić information content (AvgIpc) is 2.92. The second-order valence-electron chi connectivity index (χ2n) is 5.51. The Morgan fingerprint density at radius 1 is 1.24 bits per heavy atom. The maximum atomic E-state index is 4.76. The molecule has 1 N–H and O–H groups in total. The van der Waals surface area contributed by atoms with Gasteiger partial charge in [0.15, 0.2) is 5.82 Å². The lowest BCUT2D eigenvalue weighted by Crippen LogP contribution is -2.11. The Bertz CT molecular complexity index is 601. The van der Waals surface area contributed by atoms with Crippen molar-refractivity contribution in [2.24, 2.45) is 0 Å². The van der Waals surface area contributed by atoms with E-state index in [0.717, 1.165) is 42.5 Å². The molecule has 0 aliphatic rings. The predicted molar refractivity (Wildman–Crippen MR) is 86.5 cm³/mol. The van der Waals surface area contributed by atoms with E-state index < -0.39 is 0 Å². The first-order valence-corrected chi connectivity index (χ1v) is 7.73. The average molecular weight is 287 g/mol. The highest BCUT2D eigenvalue weighted by atomic mass is 15.3. The predicted octanol–water partition coefficient (Wildman–Crippen LogP) is 3.61. The summed E-state index contributed by atoms with van der Waals surface area (Å²) in [6.07, 6.45) is 2.87. The number of hydrogen-bond acceptors (Lipinski definition) is 4. The van der Waals surface area contributed by atoms with Gasteiger partial charge in [0, 0.05) is 30.5 Å². The molecule has 0 aromatic carbocycles. The van der Waals surface area contributed by atoms with Crippen LogP contribution >= 0.6 is 0 Å². The molecular formula is C16H25N5. The SMILES string of the molecule is CCCNc1nc(-c2ccnn2CC)nc(C)c1C(C)C. The molecule has 0 atom stereocenters. The van der Waals surface area contributed by atoms with Gasteiger partial charge in [0.1, 0.15) is 11.5 Å². The van der Waals surface area contributed by atoms with Gasteiger partial charge < -0.3 is 5.32 Å². The van der Waals surface area contributed by atoms with Crippen molar-refractivity contribution in [3.8, 4) is 11.5 Å². The summed E-state index contributed by atoms with van der Waals surface area (Å²) in [6, 6.07) is 1.97. The van der Waals surface area contributed by atoms with Crippen LogP contribution in [0.2, 0.25) is 0 Å². The molecule has 0 amide bonds. The quantitative estimate of drug-likeness (QED) is 0.881. The molecule has 2 rings (SSSR count). The molecule has 0 saturated heterocycles. The molecule has 5 heteroatoms. The van der Waals surface area contributed by atoms with E-state index in [1.807, 2.05) is 10.7 Å². The molecule has 0 aliphatic carbocycles. The van der Waals surface area contributed by atoms with Gasteiger partial charge in [-0.2, -0.15) is 5.10 Å². The van der Waals surface area contributed by atoms with E-state index >= 15 is 0 Å². The van der Waals surface area contributed by atoms with Crippen molar-refractivity contribution in [3.05, 3.63) is 23.5 Å². The summed E-state index contributed by atoms with van der Waals surface area (Å²) >= 11 is 0. The monoisotopic (exact) mass is 287 g/mol. The molecule has 2 aromatic heterocycles. The van der Waals surface area contributed by atoms with Crippen LogP contribution in [0.5, 0.6) is 0 Å². The molecule has 5 nitrogen and oxygen atoms in total. The van der Waals surface area contributed by atoms with E-state index in [9.17, 15) is 0 Å². The number of anilines is 1. The van der Waals surface area contributed by atoms with Crippen LogP contribution in [0.15, 0.2) is 12.3 Å². The van der Waals surface area contributed by atoms with E-state index in [1.165, 1.54) is 5.56 Å². The van der Waals surface area contributed by atoms with Crippen LogP contribution in [0.3, 0.4) is 0 Å². The molecule has 0 bridgehead atoms. The minimum atomic E-state index is 0.398. The van der Waals surface area contributed by atoms with Crippen molar-refractivity contribution in [3.63, 3.8) is 0 Å². The third-order valence-corrected chi connectivity index (χ3v) is 3.50. The maximum Gasteiger partial charge on any atom is 0.180 e. The molecule has 21 heavy (non-hydrogen) atoms. The molecule has 0 fully saturated rings. The van der Waals surface area contributed by atoms with E-state index in [-0.39, 0.29) is 0 Å². The highest BCUT2D eigenvalue weighted by Crippen LogP contribution is 2.28. The highest BCUT2D eigenvalue weighted by molar-refractivity contribution is 5.57. The van der Waals surface area contributed by atoms with Crippen molar-refractivity contribution in [1.82, 2.24) is 19.7 Å². The van der Waals surface area contributed by atoms with Crippen LogP contribution in [0, 0.1) is 6.92 Å². The van der Waals surface area contributed by atoms with Crippen molar-refractivity contribution in [2.45, 2.75) is 53.5 Å². The first-order valence-electron chi connectivity index (χ1n) is 7.73. The minimum absolute atomic E-state index is 0.398. The topological polar surface area (TPSA) is 55.6 Å². The molecule has 0 spiro atoms. The smallest absolute Gasteiger partial charge is 0.180 e. The zero-order valence-electron chi connectivity index (χ0n) is 13.6. The van der Waals surface area contributed by atoms with Crippen molar-refractivity contribution >= 4 is 5.82 Å². The Morgan fingerprint density at radius 2 is 2.00 bits per heavy atom. The maximum absolute atomic E-state index is 4.76. The summed E-state index contributed by atoms with van der Waals surface area (Å²) in [4.78, 5) is 9.46. The number of nitrogens with one attached hydrogen (secondary N) is 1. The van der Waals surface area contributed by atoms with E-state index in [2.05, 4.69) is 45.0 Å². The third kappa shape index (κ3) is 3.23. The van der Waals surface area contributed by atoms with E-state index in [0.29, 0.717) is 5.92 Å². The van der Waals surface area contributed by atoms with Crippen LogP contribution < -0.4 is 5.32 Å². The second kappa shape index (κ2) is 6.70. The van der Waals surface area contributed by atoms with Gasteiger partial charge >= 0.3 is 0 Å². The van der Waals surface area contributed by atoms with Crippen molar-refractivity contribution in [1.29, 1.82) is 0 Å². The zero-order chi connectivity index (χ0) is 15.4. The lowest BCUT2D eigenvalue weighted by Gasteiger charge is -2.17. The normalized spacial score (nSPS) is 11.1. The van der Waals surface area contributed by atoms with Crippen LogP contribution in [0.1, 0.15) is 51.3 Å². The third-order valence-electron chi connectivity index (χ3n) is 3.50. The summed E-state index contributed by atoms with van der Waals surface area (Å²) in [5, 5.41) is 7.75. The van der Waals surface area contributed by atoms with Crippen LogP contribution in [-0.2, 0) is 6.54 Å². The number of aromatic nitrogens is 4. The van der Waals surface area contributed by atoms with Crippen LogP contribution in [0.4, 0.5) is 5.82 Å². The Labute approximate surface area is 126 Å². The fourth-order valence-corrected chi connectivity index (χ4v) is 2.54. The summed E-state index contributed by atoms with van der Waals surface area (Å²) in [5.74, 6) is 2.10. The molecule has 0 aliphatic heterocycles. The van der Waals surface area contributed by atoms with E-state index in [4.69, 9.17) is 9.97 Å². The van der Waals surface area contributed by atoms with Crippen LogP contribution in [-0.4, -0.2) is 26.3 Å². The first kappa shape index (κ1) is 15.5. The Balaban J connectivity index is 2.51. The van der Waals surface area contributed by atoms with Crippen LogP contribution in [0.25, 0.3) is 11.5 Å². The Hall–Kier alpha value is -1.91. The number of hydrogen-bond donors (Lipinski definition) is 1. The summed E-state index contributed by atoms with van der Waals surface area (Å²) in [7, 11) is 0. The number of rotatable bonds is 6. The standard InChI is InChI=1S/C16H25N5/c1-6-9-17-16-14(11(3)4)12(5)19-15(20-16)13-8-10-18-21(13)7-2/h8,10-11H,6-7,9H2,1-5H3,(H,17,19,20). The minimum Gasteiger partial charge on any atom is -0.370 e. The molecule has 0 radical (unpaired) electrons. The Kier molecular flexibility index (Phi) is 4.94. The van der Waals surface area contributed by atoms with Gasteiger partial charge in [-0.3, -0.25) is 4.68 Å². The second-order valence-corrected chi connectivity index (χ2v) is 5.51. The van der Waals surface area contributed by atoms with Gasteiger partial charge in [-0.15, -0.1) is 0 Å². The molecule has 2 heterocycles. The van der Waals surface area contributed by atoms with E-state index in [1.54, 1.807) is 6.20 Å².